The number of aryl methyl sites for hydroxylation is 3. The molecule has 0 radical (unpaired) electrons. The number of imidazole rings is 1. The van der Waals surface area contributed by atoms with Gasteiger partial charge < -0.3 is 19.9 Å². The lowest BCUT2D eigenvalue weighted by atomic mass is 10.0. The van der Waals surface area contributed by atoms with Gasteiger partial charge in [0.05, 0.1) is 34.1 Å². The van der Waals surface area contributed by atoms with Crippen LogP contribution < -0.4 is 5.32 Å². The number of hydrogen-bond acceptors (Lipinski definition) is 6. The van der Waals surface area contributed by atoms with Crippen LogP contribution in [-0.2, 0) is 0 Å². The third-order valence-corrected chi connectivity index (χ3v) is 5.54. The molecule has 5 aromatic rings. The summed E-state index contributed by atoms with van der Waals surface area (Å²) in [5, 5.41) is 17.7. The molecule has 0 amide bonds. The molecule has 1 atom stereocenters. The van der Waals surface area contributed by atoms with E-state index in [0.29, 0.717) is 17.3 Å². The Labute approximate surface area is 184 Å². The van der Waals surface area contributed by atoms with E-state index in [4.69, 9.17) is 9.51 Å². The highest BCUT2D eigenvalue weighted by molar-refractivity contribution is 5.82. The maximum Gasteiger partial charge on any atom is 0.143 e. The van der Waals surface area contributed by atoms with Gasteiger partial charge in [-0.05, 0) is 64.1 Å². The summed E-state index contributed by atoms with van der Waals surface area (Å²) in [5.41, 5.74) is 6.74. The van der Waals surface area contributed by atoms with Gasteiger partial charge in [0.15, 0.2) is 0 Å². The van der Waals surface area contributed by atoms with Gasteiger partial charge in [0, 0.05) is 16.9 Å². The molecule has 1 unspecified atom stereocenters. The number of anilines is 2. The first-order valence-electron chi connectivity index (χ1n) is 10.4. The molecule has 0 saturated carbocycles. The van der Waals surface area contributed by atoms with Crippen LogP contribution in [0.15, 0.2) is 53.3 Å². The van der Waals surface area contributed by atoms with Gasteiger partial charge in [-0.15, -0.1) is 0 Å². The SMILES string of the molecule is Cc1ccc(Nc2ccc3c(c2)ncn3-c2ccc(C(C)O)c(-c3c(C)noc3C)n2)[nH]1. The summed E-state index contributed by atoms with van der Waals surface area (Å²) in [7, 11) is 0. The van der Waals surface area contributed by atoms with Crippen molar-refractivity contribution in [1.82, 2.24) is 24.7 Å². The third-order valence-electron chi connectivity index (χ3n) is 5.54. The van der Waals surface area contributed by atoms with E-state index in [9.17, 15) is 5.11 Å². The van der Waals surface area contributed by atoms with Crippen LogP contribution in [-0.4, -0.2) is 29.8 Å². The first-order valence-corrected chi connectivity index (χ1v) is 10.4. The lowest BCUT2D eigenvalue weighted by Gasteiger charge is -2.14. The molecule has 8 nitrogen and oxygen atoms in total. The van der Waals surface area contributed by atoms with Crippen molar-refractivity contribution in [3.05, 3.63) is 71.5 Å². The summed E-state index contributed by atoms with van der Waals surface area (Å²) >= 11 is 0. The molecule has 8 heteroatoms. The minimum atomic E-state index is -0.676. The predicted molar refractivity (Wildman–Crippen MR) is 123 cm³/mol. The molecule has 32 heavy (non-hydrogen) atoms. The molecule has 4 aromatic heterocycles. The molecule has 0 bridgehead atoms. The van der Waals surface area contributed by atoms with E-state index < -0.39 is 6.10 Å². The summed E-state index contributed by atoms with van der Waals surface area (Å²) < 4.78 is 7.28. The lowest BCUT2D eigenvalue weighted by molar-refractivity contribution is 0.199. The quantitative estimate of drug-likeness (QED) is 0.359. The summed E-state index contributed by atoms with van der Waals surface area (Å²) in [4.78, 5) is 12.7. The van der Waals surface area contributed by atoms with Gasteiger partial charge in [0.1, 0.15) is 23.7 Å². The van der Waals surface area contributed by atoms with Crippen LogP contribution in [0.1, 0.15) is 35.7 Å². The number of aromatic nitrogens is 5. The van der Waals surface area contributed by atoms with Crippen LogP contribution in [0.3, 0.4) is 0 Å². The van der Waals surface area contributed by atoms with Gasteiger partial charge in [0.25, 0.3) is 0 Å². The maximum atomic E-state index is 10.3. The molecule has 0 aliphatic heterocycles. The van der Waals surface area contributed by atoms with Crippen molar-refractivity contribution in [3.8, 4) is 17.1 Å². The largest absolute Gasteiger partial charge is 0.389 e. The van der Waals surface area contributed by atoms with Gasteiger partial charge in [-0.2, -0.15) is 0 Å². The second-order valence-corrected chi connectivity index (χ2v) is 7.98. The van der Waals surface area contributed by atoms with Crippen molar-refractivity contribution in [1.29, 1.82) is 0 Å². The molecule has 4 heterocycles. The third kappa shape index (κ3) is 3.44. The Bertz CT molecular complexity index is 1410. The Hall–Kier alpha value is -3.91. The molecule has 0 aliphatic rings. The molecule has 5 rings (SSSR count). The van der Waals surface area contributed by atoms with Crippen molar-refractivity contribution in [2.24, 2.45) is 0 Å². The monoisotopic (exact) mass is 428 g/mol. The van der Waals surface area contributed by atoms with Gasteiger partial charge in [0.2, 0.25) is 0 Å². The second kappa shape index (κ2) is 7.65. The highest BCUT2D eigenvalue weighted by Crippen LogP contribution is 2.33. The topological polar surface area (TPSA) is 105 Å². The predicted octanol–water partition coefficient (Wildman–Crippen LogP) is 5.13. The number of H-pyrrole nitrogens is 1. The highest BCUT2D eigenvalue weighted by atomic mass is 16.5. The fraction of sp³-hybridized carbons (Fsp3) is 0.208. The highest BCUT2D eigenvalue weighted by Gasteiger charge is 2.20. The number of aromatic amines is 1. The van der Waals surface area contributed by atoms with Gasteiger partial charge in [-0.25, -0.2) is 9.97 Å². The number of benzene rings is 1. The zero-order valence-corrected chi connectivity index (χ0v) is 18.3. The number of nitrogens with zero attached hydrogens (tertiary/aromatic N) is 4. The van der Waals surface area contributed by atoms with E-state index in [1.807, 2.05) is 67.8 Å². The molecule has 0 fully saturated rings. The van der Waals surface area contributed by atoms with E-state index >= 15 is 0 Å². The minimum absolute atomic E-state index is 0.663. The van der Waals surface area contributed by atoms with E-state index in [0.717, 1.165) is 45.1 Å². The fourth-order valence-electron chi connectivity index (χ4n) is 3.96. The number of aliphatic hydroxyl groups is 1. The average molecular weight is 428 g/mol. The van der Waals surface area contributed by atoms with Gasteiger partial charge >= 0.3 is 0 Å². The second-order valence-electron chi connectivity index (χ2n) is 7.98. The molecule has 0 spiro atoms. The molecular formula is C24H24N6O2. The molecular weight excluding hydrogens is 404 g/mol. The fourth-order valence-corrected chi connectivity index (χ4v) is 3.96. The first-order chi connectivity index (χ1) is 15.4. The van der Waals surface area contributed by atoms with Crippen LogP contribution in [0.4, 0.5) is 11.5 Å². The number of fused-ring (bicyclic) bond motifs is 1. The molecule has 3 N–H and O–H groups in total. The van der Waals surface area contributed by atoms with Crippen LogP contribution >= 0.6 is 0 Å². The van der Waals surface area contributed by atoms with Crippen molar-refractivity contribution >= 4 is 22.5 Å². The first kappa shape index (κ1) is 20.0. The van der Waals surface area contributed by atoms with Crippen LogP contribution in [0.2, 0.25) is 0 Å². The van der Waals surface area contributed by atoms with Gasteiger partial charge in [-0.1, -0.05) is 11.2 Å². The molecule has 0 aliphatic carbocycles. The van der Waals surface area contributed by atoms with Crippen LogP contribution in [0, 0.1) is 20.8 Å². The van der Waals surface area contributed by atoms with Crippen LogP contribution in [0.5, 0.6) is 0 Å². The smallest absolute Gasteiger partial charge is 0.143 e. The summed E-state index contributed by atoms with van der Waals surface area (Å²) in [6.45, 7) is 7.47. The average Bonchev–Trinajstić information content (AvgIpc) is 3.46. The van der Waals surface area contributed by atoms with Crippen molar-refractivity contribution < 1.29 is 9.63 Å². The minimum Gasteiger partial charge on any atom is -0.389 e. The Kier molecular flexibility index (Phi) is 4.79. The number of rotatable bonds is 5. The van der Waals surface area contributed by atoms with Crippen molar-refractivity contribution in [3.63, 3.8) is 0 Å². The zero-order chi connectivity index (χ0) is 22.4. The molecule has 0 saturated heterocycles. The van der Waals surface area contributed by atoms with Gasteiger partial charge in [-0.3, -0.25) is 4.57 Å². The van der Waals surface area contributed by atoms with Crippen molar-refractivity contribution in [2.45, 2.75) is 33.8 Å². The number of nitrogens with one attached hydrogen (secondary N) is 2. The van der Waals surface area contributed by atoms with Crippen molar-refractivity contribution in [2.75, 3.05) is 5.32 Å². The number of pyridine rings is 1. The molecule has 1 aromatic carbocycles. The summed E-state index contributed by atoms with van der Waals surface area (Å²) in [6, 6.07) is 13.8. The number of hydrogen-bond donors (Lipinski definition) is 3. The van der Waals surface area contributed by atoms with E-state index in [1.54, 1.807) is 13.3 Å². The summed E-state index contributed by atoms with van der Waals surface area (Å²) in [6.07, 6.45) is 1.08. The van der Waals surface area contributed by atoms with E-state index in [-0.39, 0.29) is 0 Å². The van der Waals surface area contributed by atoms with E-state index in [2.05, 4.69) is 20.4 Å². The normalized spacial score (nSPS) is 12.4. The Morgan fingerprint density at radius 2 is 1.94 bits per heavy atom. The number of aliphatic hydroxyl groups excluding tert-OH is 1. The Balaban J connectivity index is 1.57. The Morgan fingerprint density at radius 1 is 1.09 bits per heavy atom. The lowest BCUT2D eigenvalue weighted by Crippen LogP contribution is -2.04. The maximum absolute atomic E-state index is 10.3. The zero-order valence-electron chi connectivity index (χ0n) is 18.3. The molecule has 162 valence electrons. The van der Waals surface area contributed by atoms with Crippen LogP contribution in [0.25, 0.3) is 28.1 Å². The Morgan fingerprint density at radius 3 is 2.62 bits per heavy atom. The standard InChI is InChI=1S/C24H24N6O2/c1-13-5-9-21(26-13)27-17-6-8-20-19(11-17)25-12-30(20)22-10-7-18(15(3)31)24(28-22)23-14(2)29-32-16(23)4/h5-12,15,26-27,31H,1-4H3. The van der Waals surface area contributed by atoms with E-state index in [1.165, 1.54) is 0 Å². The summed E-state index contributed by atoms with van der Waals surface area (Å²) in [5.74, 6) is 2.30.